The van der Waals surface area contributed by atoms with Gasteiger partial charge in [0.25, 0.3) is 0 Å². The molecule has 0 saturated heterocycles. The van der Waals surface area contributed by atoms with Gasteiger partial charge in [-0.3, -0.25) is 4.79 Å². The molecular weight excluding hydrogens is 335 g/mol. The van der Waals surface area contributed by atoms with Crippen LogP contribution in [0.4, 0.5) is 10.2 Å². The van der Waals surface area contributed by atoms with E-state index in [1.165, 1.54) is 0 Å². The van der Waals surface area contributed by atoms with Gasteiger partial charge in [0.15, 0.2) is 0 Å². The Bertz CT molecular complexity index is 985. The van der Waals surface area contributed by atoms with Crippen molar-refractivity contribution in [1.29, 1.82) is 0 Å². The van der Waals surface area contributed by atoms with Crippen molar-refractivity contribution in [2.45, 2.75) is 26.1 Å². The van der Waals surface area contributed by atoms with Gasteiger partial charge in [0.1, 0.15) is 12.0 Å². The van der Waals surface area contributed by atoms with Gasteiger partial charge in [-0.15, -0.1) is 0 Å². The molecule has 1 amide bonds. The first kappa shape index (κ1) is 16.5. The molecule has 0 aliphatic heterocycles. The summed E-state index contributed by atoms with van der Waals surface area (Å²) in [6, 6.07) is 7.64. The summed E-state index contributed by atoms with van der Waals surface area (Å²) in [6.07, 6.45) is 2.68. The standard InChI is InChI=1S/C19H19FN4O2/c1-3-24-15(12-5-4-6-21-19(12)26-2)7-11-8-17(22-10-16(11)24)23-18(25)13-9-14(13)20/h4-8,10,13-14H,3,9H2,1-2H3,(H,22,23,25). The normalized spacial score (nSPS) is 18.7. The Balaban J connectivity index is 1.74. The lowest BCUT2D eigenvalue weighted by Gasteiger charge is -2.10. The molecule has 26 heavy (non-hydrogen) atoms. The summed E-state index contributed by atoms with van der Waals surface area (Å²) < 4.78 is 20.5. The van der Waals surface area contributed by atoms with Crippen molar-refractivity contribution in [2.24, 2.45) is 5.92 Å². The molecule has 2 atom stereocenters. The van der Waals surface area contributed by atoms with Crippen molar-refractivity contribution in [3.8, 4) is 17.1 Å². The average molecular weight is 354 g/mol. The Morgan fingerprint density at radius 1 is 1.42 bits per heavy atom. The summed E-state index contributed by atoms with van der Waals surface area (Å²) in [5, 5.41) is 3.63. The van der Waals surface area contributed by atoms with Crippen LogP contribution in [0.5, 0.6) is 5.88 Å². The highest BCUT2D eigenvalue weighted by Gasteiger charge is 2.43. The monoisotopic (exact) mass is 354 g/mol. The van der Waals surface area contributed by atoms with Crippen molar-refractivity contribution < 1.29 is 13.9 Å². The smallest absolute Gasteiger partial charge is 0.231 e. The number of alkyl halides is 1. The predicted molar refractivity (Wildman–Crippen MR) is 96.8 cm³/mol. The van der Waals surface area contributed by atoms with E-state index in [-0.39, 0.29) is 5.91 Å². The number of carbonyl (C=O) groups is 1. The topological polar surface area (TPSA) is 69.0 Å². The molecule has 3 heterocycles. The average Bonchev–Trinajstić information content (AvgIpc) is 3.28. The van der Waals surface area contributed by atoms with Crippen LogP contribution in [0, 0.1) is 5.92 Å². The van der Waals surface area contributed by atoms with Gasteiger partial charge >= 0.3 is 0 Å². The van der Waals surface area contributed by atoms with Crippen LogP contribution in [-0.2, 0) is 11.3 Å². The maximum Gasteiger partial charge on any atom is 0.231 e. The fraction of sp³-hybridized carbons (Fsp3) is 0.316. The summed E-state index contributed by atoms with van der Waals surface area (Å²) in [6.45, 7) is 2.80. The number of aryl methyl sites for hydroxylation is 1. The quantitative estimate of drug-likeness (QED) is 0.762. The van der Waals surface area contributed by atoms with Gasteiger partial charge < -0.3 is 14.6 Å². The van der Waals surface area contributed by atoms with Crippen LogP contribution in [0.2, 0.25) is 0 Å². The Hall–Kier alpha value is -2.96. The van der Waals surface area contributed by atoms with E-state index in [9.17, 15) is 9.18 Å². The SMILES string of the molecule is CCn1c(-c2cccnc2OC)cc2cc(NC(=O)C3CC3F)ncc21. The third-order valence-electron chi connectivity index (χ3n) is 4.65. The van der Waals surface area contributed by atoms with Gasteiger partial charge in [0.05, 0.1) is 36.0 Å². The van der Waals surface area contributed by atoms with E-state index >= 15 is 0 Å². The van der Waals surface area contributed by atoms with Crippen LogP contribution < -0.4 is 10.1 Å². The third-order valence-corrected chi connectivity index (χ3v) is 4.65. The van der Waals surface area contributed by atoms with Crippen LogP contribution in [0.3, 0.4) is 0 Å². The lowest BCUT2D eigenvalue weighted by atomic mass is 10.2. The largest absolute Gasteiger partial charge is 0.481 e. The molecule has 0 spiro atoms. The second-order valence-electron chi connectivity index (χ2n) is 6.31. The van der Waals surface area contributed by atoms with E-state index in [4.69, 9.17) is 4.74 Å². The molecule has 1 N–H and O–H groups in total. The van der Waals surface area contributed by atoms with E-state index in [2.05, 4.69) is 26.8 Å². The maximum atomic E-state index is 13.0. The number of hydrogen-bond donors (Lipinski definition) is 1. The zero-order chi connectivity index (χ0) is 18.3. The fourth-order valence-electron chi connectivity index (χ4n) is 3.19. The Morgan fingerprint density at radius 3 is 2.92 bits per heavy atom. The van der Waals surface area contributed by atoms with E-state index in [1.54, 1.807) is 25.6 Å². The summed E-state index contributed by atoms with van der Waals surface area (Å²) >= 11 is 0. The molecule has 1 aliphatic carbocycles. The lowest BCUT2D eigenvalue weighted by molar-refractivity contribution is -0.117. The summed E-state index contributed by atoms with van der Waals surface area (Å²) in [7, 11) is 1.59. The molecule has 7 heteroatoms. The van der Waals surface area contributed by atoms with Crippen LogP contribution in [0.25, 0.3) is 22.2 Å². The number of pyridine rings is 2. The molecule has 0 bridgehead atoms. The number of halogens is 1. The van der Waals surface area contributed by atoms with E-state index in [1.807, 2.05) is 18.2 Å². The number of hydrogen-bond acceptors (Lipinski definition) is 4. The van der Waals surface area contributed by atoms with Crippen molar-refractivity contribution in [3.63, 3.8) is 0 Å². The second kappa shape index (κ2) is 6.40. The Morgan fingerprint density at radius 2 is 2.23 bits per heavy atom. The number of nitrogens with one attached hydrogen (secondary N) is 1. The molecule has 4 rings (SSSR count). The number of ether oxygens (including phenoxy) is 1. The number of carbonyl (C=O) groups excluding carboxylic acids is 1. The first-order chi connectivity index (χ1) is 12.6. The van der Waals surface area contributed by atoms with E-state index < -0.39 is 12.1 Å². The van der Waals surface area contributed by atoms with Gasteiger partial charge in [0.2, 0.25) is 11.8 Å². The van der Waals surface area contributed by atoms with Crippen LogP contribution in [0.15, 0.2) is 36.7 Å². The summed E-state index contributed by atoms with van der Waals surface area (Å²) in [5.41, 5.74) is 2.79. The number of methoxy groups -OCH3 is 1. The third kappa shape index (κ3) is 2.79. The second-order valence-corrected chi connectivity index (χ2v) is 6.31. The number of aromatic nitrogens is 3. The molecule has 6 nitrogen and oxygen atoms in total. The molecule has 3 aromatic rings. The zero-order valence-corrected chi connectivity index (χ0v) is 14.6. The number of amides is 1. The van der Waals surface area contributed by atoms with Gasteiger partial charge in [-0.2, -0.15) is 0 Å². The first-order valence-electron chi connectivity index (χ1n) is 8.56. The van der Waals surface area contributed by atoms with Crippen molar-refractivity contribution in [2.75, 3.05) is 12.4 Å². The Kier molecular flexibility index (Phi) is 4.06. The highest BCUT2D eigenvalue weighted by atomic mass is 19.1. The minimum atomic E-state index is -1.02. The van der Waals surface area contributed by atoms with Crippen molar-refractivity contribution in [3.05, 3.63) is 36.7 Å². The fourth-order valence-corrected chi connectivity index (χ4v) is 3.19. The molecule has 1 aliphatic rings. The van der Waals surface area contributed by atoms with Crippen LogP contribution in [-0.4, -0.2) is 33.7 Å². The van der Waals surface area contributed by atoms with Gasteiger partial charge in [-0.1, -0.05) is 0 Å². The van der Waals surface area contributed by atoms with Crippen molar-refractivity contribution >= 4 is 22.6 Å². The first-order valence-corrected chi connectivity index (χ1v) is 8.56. The molecular formula is C19H19FN4O2. The predicted octanol–water partition coefficient (Wildman–Crippen LogP) is 3.42. The number of fused-ring (bicyclic) bond motifs is 1. The molecule has 1 saturated carbocycles. The molecule has 0 radical (unpaired) electrons. The molecule has 0 aromatic carbocycles. The summed E-state index contributed by atoms with van der Waals surface area (Å²) in [4.78, 5) is 20.5. The zero-order valence-electron chi connectivity index (χ0n) is 14.6. The highest BCUT2D eigenvalue weighted by molar-refractivity contribution is 5.96. The molecule has 3 aromatic heterocycles. The number of anilines is 1. The van der Waals surface area contributed by atoms with Gasteiger partial charge in [0, 0.05) is 18.1 Å². The Labute approximate surface area is 150 Å². The van der Waals surface area contributed by atoms with E-state index in [0.717, 1.165) is 28.7 Å². The van der Waals surface area contributed by atoms with Crippen LogP contribution >= 0.6 is 0 Å². The minimum Gasteiger partial charge on any atom is -0.481 e. The van der Waals surface area contributed by atoms with Gasteiger partial charge in [-0.25, -0.2) is 14.4 Å². The molecule has 2 unspecified atom stereocenters. The lowest BCUT2D eigenvalue weighted by Crippen LogP contribution is -2.15. The minimum absolute atomic E-state index is 0.297. The summed E-state index contributed by atoms with van der Waals surface area (Å²) in [5.74, 6) is 0.130. The number of rotatable bonds is 5. The number of nitrogens with zero attached hydrogens (tertiary/aromatic N) is 3. The van der Waals surface area contributed by atoms with Crippen molar-refractivity contribution in [1.82, 2.24) is 14.5 Å². The highest BCUT2D eigenvalue weighted by Crippen LogP contribution is 2.36. The molecule has 1 fully saturated rings. The van der Waals surface area contributed by atoms with Crippen LogP contribution in [0.1, 0.15) is 13.3 Å². The van der Waals surface area contributed by atoms with Gasteiger partial charge in [-0.05, 0) is 37.6 Å². The van der Waals surface area contributed by atoms with E-state index in [0.29, 0.717) is 18.1 Å². The maximum absolute atomic E-state index is 13.0. The molecule has 134 valence electrons.